The number of likely N-dealkylation sites (tertiary alicyclic amines) is 1. The molecule has 5 heteroatoms. The van der Waals surface area contributed by atoms with Crippen molar-refractivity contribution in [1.82, 2.24) is 10.2 Å². The van der Waals surface area contributed by atoms with E-state index in [1.165, 1.54) is 0 Å². The second-order valence-electron chi connectivity index (χ2n) is 4.37. The Morgan fingerprint density at radius 2 is 2.43 bits per heavy atom. The minimum absolute atomic E-state index is 0.341. The van der Waals surface area contributed by atoms with Crippen molar-refractivity contribution in [3.8, 4) is 0 Å². The van der Waals surface area contributed by atoms with Gasteiger partial charge in [-0.25, -0.2) is 4.79 Å². The summed E-state index contributed by atoms with van der Waals surface area (Å²) in [6.45, 7) is 3.94. The summed E-state index contributed by atoms with van der Waals surface area (Å²) in [5.41, 5.74) is 5.86. The lowest BCUT2D eigenvalue weighted by Gasteiger charge is -2.37. The summed E-state index contributed by atoms with van der Waals surface area (Å²) < 4.78 is 5.04. The lowest BCUT2D eigenvalue weighted by atomic mass is 9.88. The van der Waals surface area contributed by atoms with Crippen LogP contribution in [-0.4, -0.2) is 43.4 Å². The Balaban J connectivity index is 2.23. The lowest BCUT2D eigenvalue weighted by Crippen LogP contribution is -2.61. The first-order valence-electron chi connectivity index (χ1n) is 4.95. The summed E-state index contributed by atoms with van der Waals surface area (Å²) in [6, 6.07) is 0. The van der Waals surface area contributed by atoms with Crippen molar-refractivity contribution >= 4 is 6.09 Å². The van der Waals surface area contributed by atoms with E-state index >= 15 is 0 Å². The monoisotopic (exact) mass is 199 g/mol. The molecule has 2 heterocycles. The van der Waals surface area contributed by atoms with E-state index in [4.69, 9.17) is 10.5 Å². The third kappa shape index (κ3) is 1.27. The number of alkyl carbamates (subject to hydrolysis) is 1. The predicted molar refractivity (Wildman–Crippen MR) is 51.6 cm³/mol. The van der Waals surface area contributed by atoms with Crippen molar-refractivity contribution in [2.24, 2.45) is 17.6 Å². The number of cyclic esters (lactones) is 1. The average Bonchev–Trinajstić information content (AvgIpc) is 2.39. The first kappa shape index (κ1) is 9.73. The number of nitrogens with one attached hydrogen (secondary N) is 1. The summed E-state index contributed by atoms with van der Waals surface area (Å²) in [6.07, 6.45) is -0.355. The van der Waals surface area contributed by atoms with Gasteiger partial charge in [-0.1, -0.05) is 6.92 Å². The summed E-state index contributed by atoms with van der Waals surface area (Å²) in [5.74, 6) is 0.698. The largest absolute Gasteiger partial charge is 0.449 e. The zero-order chi connectivity index (χ0) is 10.3. The number of ether oxygens (including phenoxy) is 1. The third-order valence-electron chi connectivity index (χ3n) is 3.66. The zero-order valence-electron chi connectivity index (χ0n) is 8.62. The molecule has 0 aromatic rings. The van der Waals surface area contributed by atoms with Crippen LogP contribution in [-0.2, 0) is 4.74 Å². The minimum Gasteiger partial charge on any atom is -0.449 e. The van der Waals surface area contributed by atoms with E-state index in [2.05, 4.69) is 17.1 Å². The standard InChI is InChI=1S/C9H17N3O2/c1-6-7-3-12(2)9(6,10)5-11-8(13)14-4-7/h6-7H,3-5,10H2,1-2H3,(H,11,13). The van der Waals surface area contributed by atoms with Gasteiger partial charge in [0.2, 0.25) is 0 Å². The molecule has 80 valence electrons. The first-order chi connectivity index (χ1) is 6.54. The Kier molecular flexibility index (Phi) is 2.16. The van der Waals surface area contributed by atoms with Gasteiger partial charge in [-0.05, 0) is 13.0 Å². The van der Waals surface area contributed by atoms with Gasteiger partial charge in [0.15, 0.2) is 0 Å². The van der Waals surface area contributed by atoms with Crippen molar-refractivity contribution in [2.75, 3.05) is 26.7 Å². The van der Waals surface area contributed by atoms with Crippen LogP contribution >= 0.6 is 0 Å². The Bertz CT molecular complexity index is 258. The maximum Gasteiger partial charge on any atom is 0.407 e. The van der Waals surface area contributed by atoms with Gasteiger partial charge in [0.25, 0.3) is 0 Å². The predicted octanol–water partition coefficient (Wildman–Crippen LogP) is -0.421. The van der Waals surface area contributed by atoms with Crippen LogP contribution in [0.15, 0.2) is 0 Å². The highest BCUT2D eigenvalue weighted by molar-refractivity contribution is 5.67. The molecule has 3 unspecified atom stereocenters. The van der Waals surface area contributed by atoms with Gasteiger partial charge in [0.05, 0.1) is 18.8 Å². The van der Waals surface area contributed by atoms with Gasteiger partial charge in [0.1, 0.15) is 0 Å². The number of fused-ring (bicyclic) bond motifs is 2. The molecule has 2 bridgehead atoms. The molecule has 14 heavy (non-hydrogen) atoms. The second-order valence-corrected chi connectivity index (χ2v) is 4.37. The third-order valence-corrected chi connectivity index (χ3v) is 3.66. The number of hydrogen-bond donors (Lipinski definition) is 2. The fourth-order valence-electron chi connectivity index (χ4n) is 2.38. The number of nitrogens with zero attached hydrogens (tertiary/aromatic N) is 1. The van der Waals surface area contributed by atoms with E-state index in [-0.39, 0.29) is 6.09 Å². The van der Waals surface area contributed by atoms with Crippen molar-refractivity contribution < 1.29 is 9.53 Å². The molecule has 2 fully saturated rings. The fourth-order valence-corrected chi connectivity index (χ4v) is 2.38. The van der Waals surface area contributed by atoms with E-state index in [9.17, 15) is 4.79 Å². The SMILES string of the molecule is CC1C2COC(=O)NCC1(N)N(C)C2. The van der Waals surface area contributed by atoms with Crippen molar-refractivity contribution in [2.45, 2.75) is 12.6 Å². The highest BCUT2D eigenvalue weighted by Crippen LogP contribution is 2.34. The average molecular weight is 199 g/mol. The maximum atomic E-state index is 11.1. The molecule has 2 aliphatic rings. The summed E-state index contributed by atoms with van der Waals surface area (Å²) >= 11 is 0. The van der Waals surface area contributed by atoms with E-state index in [0.29, 0.717) is 25.0 Å². The van der Waals surface area contributed by atoms with Gasteiger partial charge >= 0.3 is 6.09 Å². The van der Waals surface area contributed by atoms with Crippen LogP contribution in [0.2, 0.25) is 0 Å². The second kappa shape index (κ2) is 3.10. The molecule has 3 atom stereocenters. The summed E-state index contributed by atoms with van der Waals surface area (Å²) in [5, 5.41) is 2.69. The number of carbonyl (C=O) groups excluding carboxylic acids is 1. The van der Waals surface area contributed by atoms with Gasteiger partial charge in [-0.3, -0.25) is 4.90 Å². The number of hydrogen-bond acceptors (Lipinski definition) is 4. The van der Waals surface area contributed by atoms with Crippen LogP contribution in [0.1, 0.15) is 6.92 Å². The zero-order valence-corrected chi connectivity index (χ0v) is 8.62. The Morgan fingerprint density at radius 1 is 1.71 bits per heavy atom. The molecule has 0 radical (unpaired) electrons. The Morgan fingerprint density at radius 3 is 3.14 bits per heavy atom. The lowest BCUT2D eigenvalue weighted by molar-refractivity contribution is 0.0854. The first-order valence-corrected chi connectivity index (χ1v) is 4.95. The van der Waals surface area contributed by atoms with Crippen LogP contribution in [0.5, 0.6) is 0 Å². The number of rotatable bonds is 0. The molecule has 2 aliphatic heterocycles. The fraction of sp³-hybridized carbons (Fsp3) is 0.889. The van der Waals surface area contributed by atoms with E-state index in [0.717, 1.165) is 6.54 Å². The van der Waals surface area contributed by atoms with E-state index in [1.54, 1.807) is 0 Å². The topological polar surface area (TPSA) is 67.6 Å². The van der Waals surface area contributed by atoms with Gasteiger partial charge in [0, 0.05) is 12.5 Å². The van der Waals surface area contributed by atoms with Crippen LogP contribution in [0.3, 0.4) is 0 Å². The molecule has 0 spiro atoms. The van der Waals surface area contributed by atoms with Crippen LogP contribution in [0, 0.1) is 11.8 Å². The van der Waals surface area contributed by atoms with E-state index < -0.39 is 5.66 Å². The summed E-state index contributed by atoms with van der Waals surface area (Å²) in [7, 11) is 1.99. The highest BCUT2D eigenvalue weighted by atomic mass is 16.5. The Labute approximate surface area is 83.6 Å². The molecule has 2 rings (SSSR count). The molecule has 2 saturated heterocycles. The molecule has 0 saturated carbocycles. The molecule has 3 N–H and O–H groups in total. The smallest absolute Gasteiger partial charge is 0.407 e. The van der Waals surface area contributed by atoms with Gasteiger partial charge in [-0.2, -0.15) is 0 Å². The van der Waals surface area contributed by atoms with Gasteiger partial charge < -0.3 is 15.8 Å². The number of carbonyl (C=O) groups is 1. The quantitative estimate of drug-likeness (QED) is 0.556. The van der Waals surface area contributed by atoms with Crippen molar-refractivity contribution in [3.05, 3.63) is 0 Å². The van der Waals surface area contributed by atoms with Gasteiger partial charge in [-0.15, -0.1) is 0 Å². The van der Waals surface area contributed by atoms with Crippen LogP contribution in [0.25, 0.3) is 0 Å². The number of amides is 1. The number of nitrogens with two attached hydrogens (primary N) is 1. The molecule has 0 aliphatic carbocycles. The molecular formula is C9H17N3O2. The minimum atomic E-state index is -0.413. The Hall–Kier alpha value is -0.810. The molecule has 0 aromatic carbocycles. The maximum absolute atomic E-state index is 11.1. The molecule has 5 nitrogen and oxygen atoms in total. The van der Waals surface area contributed by atoms with Crippen LogP contribution < -0.4 is 11.1 Å². The van der Waals surface area contributed by atoms with Crippen molar-refractivity contribution in [3.63, 3.8) is 0 Å². The molecule has 1 amide bonds. The van der Waals surface area contributed by atoms with E-state index in [1.807, 2.05) is 7.05 Å². The number of likely N-dealkylation sites (N-methyl/N-ethyl adjacent to an activating group) is 1. The van der Waals surface area contributed by atoms with Crippen molar-refractivity contribution in [1.29, 1.82) is 0 Å². The molecular weight excluding hydrogens is 182 g/mol. The highest BCUT2D eigenvalue weighted by Gasteiger charge is 2.48. The molecule has 0 aromatic heterocycles. The summed E-state index contributed by atoms with van der Waals surface area (Å²) in [4.78, 5) is 13.2. The van der Waals surface area contributed by atoms with Crippen LogP contribution in [0.4, 0.5) is 4.79 Å². The normalized spacial score (nSPS) is 43.8.